The monoisotopic (exact) mass is 274 g/mol. The van der Waals surface area contributed by atoms with E-state index in [0.29, 0.717) is 29.1 Å². The summed E-state index contributed by atoms with van der Waals surface area (Å²) in [6, 6.07) is 8.19. The van der Waals surface area contributed by atoms with Crippen LogP contribution in [0.3, 0.4) is 0 Å². The van der Waals surface area contributed by atoms with Crippen molar-refractivity contribution in [2.45, 2.75) is 13.5 Å². The molecule has 1 aromatic heterocycles. The van der Waals surface area contributed by atoms with E-state index in [9.17, 15) is 9.59 Å². The van der Waals surface area contributed by atoms with E-state index in [1.54, 1.807) is 30.3 Å². The van der Waals surface area contributed by atoms with E-state index >= 15 is 0 Å². The Morgan fingerprint density at radius 2 is 2.05 bits per heavy atom. The van der Waals surface area contributed by atoms with Crippen molar-refractivity contribution in [1.82, 2.24) is 0 Å². The smallest absolute Gasteiger partial charge is 0.185 e. The van der Waals surface area contributed by atoms with Crippen LogP contribution >= 0.6 is 0 Å². The van der Waals surface area contributed by atoms with Gasteiger partial charge in [-0.05, 0) is 37.3 Å². The molecule has 20 heavy (non-hydrogen) atoms. The fraction of sp³-hybridized carbons (Fsp3) is 0.200. The number of carbonyl (C=O) groups is 2. The summed E-state index contributed by atoms with van der Waals surface area (Å²) in [6.45, 7) is 1.66. The van der Waals surface area contributed by atoms with Crippen molar-refractivity contribution in [3.8, 4) is 11.5 Å². The molecular formula is C15H14O5. The van der Waals surface area contributed by atoms with Gasteiger partial charge in [-0.25, -0.2) is 0 Å². The van der Waals surface area contributed by atoms with Gasteiger partial charge in [0.1, 0.15) is 12.4 Å². The molecule has 0 bridgehead atoms. The van der Waals surface area contributed by atoms with E-state index in [-0.39, 0.29) is 18.2 Å². The highest BCUT2D eigenvalue weighted by Crippen LogP contribution is 2.29. The van der Waals surface area contributed by atoms with Gasteiger partial charge >= 0.3 is 0 Å². The maximum Gasteiger partial charge on any atom is 0.185 e. The molecule has 0 aliphatic heterocycles. The van der Waals surface area contributed by atoms with Crippen molar-refractivity contribution in [3.63, 3.8) is 0 Å². The lowest BCUT2D eigenvalue weighted by Gasteiger charge is -2.10. The maximum atomic E-state index is 11.3. The Kier molecular flexibility index (Phi) is 4.20. The van der Waals surface area contributed by atoms with Crippen LogP contribution in [0.1, 0.15) is 33.6 Å². The Labute approximate surface area is 116 Å². The normalized spacial score (nSPS) is 10.1. The van der Waals surface area contributed by atoms with Crippen molar-refractivity contribution < 1.29 is 23.5 Å². The summed E-state index contributed by atoms with van der Waals surface area (Å²) >= 11 is 0. The minimum atomic E-state index is -0.0449. The number of furan rings is 1. The lowest BCUT2D eigenvalue weighted by Crippen LogP contribution is -1.99. The number of carbonyl (C=O) groups excluding carboxylic acids is 2. The SMILES string of the molecule is COc1cc(C(C)=O)ccc1OCc1ccc(C=O)o1. The Morgan fingerprint density at radius 1 is 1.25 bits per heavy atom. The van der Waals surface area contributed by atoms with Gasteiger partial charge in [0, 0.05) is 5.56 Å². The van der Waals surface area contributed by atoms with E-state index < -0.39 is 0 Å². The molecule has 0 aliphatic carbocycles. The van der Waals surface area contributed by atoms with Gasteiger partial charge in [-0.2, -0.15) is 0 Å². The first kappa shape index (κ1) is 13.9. The molecule has 1 aromatic carbocycles. The van der Waals surface area contributed by atoms with Crippen LogP contribution in [0.25, 0.3) is 0 Å². The molecule has 0 radical (unpaired) electrons. The number of hydrogen-bond donors (Lipinski definition) is 0. The number of rotatable bonds is 6. The van der Waals surface area contributed by atoms with Gasteiger partial charge in [-0.1, -0.05) is 0 Å². The van der Waals surface area contributed by atoms with Crippen molar-refractivity contribution in [3.05, 3.63) is 47.4 Å². The fourth-order valence-corrected chi connectivity index (χ4v) is 1.69. The van der Waals surface area contributed by atoms with Crippen LogP contribution in [-0.4, -0.2) is 19.2 Å². The van der Waals surface area contributed by atoms with E-state index in [2.05, 4.69) is 0 Å². The minimum Gasteiger partial charge on any atom is -0.493 e. The second-order valence-electron chi connectivity index (χ2n) is 4.13. The van der Waals surface area contributed by atoms with E-state index in [4.69, 9.17) is 13.9 Å². The van der Waals surface area contributed by atoms with E-state index in [1.807, 2.05) is 0 Å². The Balaban J connectivity index is 2.12. The molecule has 5 nitrogen and oxygen atoms in total. The second kappa shape index (κ2) is 6.06. The van der Waals surface area contributed by atoms with E-state index in [0.717, 1.165) is 0 Å². The maximum absolute atomic E-state index is 11.3. The number of ketones is 1. The Bertz CT molecular complexity index is 627. The van der Waals surface area contributed by atoms with Gasteiger partial charge in [-0.3, -0.25) is 9.59 Å². The molecule has 1 heterocycles. The van der Waals surface area contributed by atoms with Crippen LogP contribution < -0.4 is 9.47 Å². The zero-order valence-corrected chi connectivity index (χ0v) is 11.2. The molecule has 0 N–H and O–H groups in total. The first-order valence-electron chi connectivity index (χ1n) is 5.99. The van der Waals surface area contributed by atoms with Gasteiger partial charge in [0.2, 0.25) is 0 Å². The summed E-state index contributed by atoms with van der Waals surface area (Å²) in [5, 5.41) is 0. The van der Waals surface area contributed by atoms with Crippen molar-refractivity contribution >= 4 is 12.1 Å². The average Bonchev–Trinajstić information content (AvgIpc) is 2.92. The summed E-state index contributed by atoms with van der Waals surface area (Å²) in [5.74, 6) is 1.71. The number of benzene rings is 1. The first-order valence-corrected chi connectivity index (χ1v) is 5.99. The molecule has 0 aliphatic rings. The molecule has 0 saturated heterocycles. The second-order valence-corrected chi connectivity index (χ2v) is 4.13. The molecule has 5 heteroatoms. The number of hydrogen-bond acceptors (Lipinski definition) is 5. The highest BCUT2D eigenvalue weighted by molar-refractivity contribution is 5.94. The number of methoxy groups -OCH3 is 1. The number of ether oxygens (including phenoxy) is 2. The Morgan fingerprint density at radius 3 is 2.65 bits per heavy atom. The highest BCUT2D eigenvalue weighted by Gasteiger charge is 2.09. The predicted octanol–water partition coefficient (Wildman–Crippen LogP) is 2.88. The molecular weight excluding hydrogens is 260 g/mol. The van der Waals surface area contributed by atoms with Gasteiger partial charge in [0.25, 0.3) is 0 Å². The molecule has 0 saturated carbocycles. The quantitative estimate of drug-likeness (QED) is 0.598. The minimum absolute atomic E-state index is 0.0449. The van der Waals surface area contributed by atoms with Crippen LogP contribution in [-0.2, 0) is 6.61 Å². The lowest BCUT2D eigenvalue weighted by atomic mass is 10.1. The van der Waals surface area contributed by atoms with Gasteiger partial charge in [-0.15, -0.1) is 0 Å². The third-order valence-electron chi connectivity index (χ3n) is 2.74. The van der Waals surface area contributed by atoms with Crippen molar-refractivity contribution in [1.29, 1.82) is 0 Å². The van der Waals surface area contributed by atoms with Gasteiger partial charge < -0.3 is 13.9 Å². The number of aldehydes is 1. The molecule has 0 spiro atoms. The van der Waals surface area contributed by atoms with Crippen LogP contribution in [0.5, 0.6) is 11.5 Å². The number of Topliss-reactive ketones (excluding diaryl/α,β-unsaturated/α-hetero) is 1. The van der Waals surface area contributed by atoms with Crippen LogP contribution in [0.15, 0.2) is 34.7 Å². The molecule has 2 rings (SSSR count). The third-order valence-corrected chi connectivity index (χ3v) is 2.74. The van der Waals surface area contributed by atoms with Crippen LogP contribution in [0.2, 0.25) is 0 Å². The molecule has 0 atom stereocenters. The first-order chi connectivity index (χ1) is 9.63. The summed E-state index contributed by atoms with van der Waals surface area (Å²) in [7, 11) is 1.50. The summed E-state index contributed by atoms with van der Waals surface area (Å²) in [4.78, 5) is 21.8. The zero-order valence-electron chi connectivity index (χ0n) is 11.2. The predicted molar refractivity (Wildman–Crippen MR) is 71.4 cm³/mol. The zero-order chi connectivity index (χ0) is 14.5. The molecule has 0 unspecified atom stereocenters. The third kappa shape index (κ3) is 3.06. The average molecular weight is 274 g/mol. The van der Waals surface area contributed by atoms with Crippen molar-refractivity contribution in [2.24, 2.45) is 0 Å². The van der Waals surface area contributed by atoms with Crippen LogP contribution in [0, 0.1) is 0 Å². The summed E-state index contributed by atoms with van der Waals surface area (Å²) in [6.07, 6.45) is 0.631. The molecule has 2 aromatic rings. The van der Waals surface area contributed by atoms with Crippen LogP contribution in [0.4, 0.5) is 0 Å². The van der Waals surface area contributed by atoms with Gasteiger partial charge in [0.15, 0.2) is 29.3 Å². The molecule has 0 fully saturated rings. The molecule has 0 amide bonds. The van der Waals surface area contributed by atoms with Crippen molar-refractivity contribution in [2.75, 3.05) is 7.11 Å². The van der Waals surface area contributed by atoms with Gasteiger partial charge in [0.05, 0.1) is 7.11 Å². The Hall–Kier alpha value is -2.56. The standard InChI is InChI=1S/C15H14O5/c1-10(17)11-3-6-14(15(7-11)18-2)19-9-13-5-4-12(8-16)20-13/h3-8H,9H2,1-2H3. The lowest BCUT2D eigenvalue weighted by molar-refractivity contribution is 0.101. The fourth-order valence-electron chi connectivity index (χ4n) is 1.69. The largest absolute Gasteiger partial charge is 0.493 e. The summed E-state index contributed by atoms with van der Waals surface area (Å²) in [5.41, 5.74) is 0.551. The summed E-state index contributed by atoms with van der Waals surface area (Å²) < 4.78 is 15.9. The molecule has 104 valence electrons. The van der Waals surface area contributed by atoms with E-state index in [1.165, 1.54) is 14.0 Å². The highest BCUT2D eigenvalue weighted by atomic mass is 16.5. The topological polar surface area (TPSA) is 65.7 Å².